The first-order valence-electron chi connectivity index (χ1n) is 6.46. The number of hydroxylamine groups is 2. The Morgan fingerprint density at radius 1 is 1.00 bits per heavy atom. The molecule has 0 aliphatic carbocycles. The fourth-order valence-electron chi connectivity index (χ4n) is 2.59. The van der Waals surface area contributed by atoms with Gasteiger partial charge in [0.1, 0.15) is 0 Å². The Labute approximate surface area is 118 Å². The number of aliphatic carboxylic acids is 2. The molecule has 1 rings (SSSR count). The molecule has 6 nitrogen and oxygen atoms in total. The van der Waals surface area contributed by atoms with Crippen molar-refractivity contribution >= 4 is 11.9 Å². The maximum Gasteiger partial charge on any atom is 0.327 e. The normalized spacial score (nSPS) is 31.4. The van der Waals surface area contributed by atoms with Gasteiger partial charge in [-0.05, 0) is 39.5 Å². The molecule has 2 N–H and O–H groups in total. The van der Waals surface area contributed by atoms with Gasteiger partial charge in [-0.2, -0.15) is 0 Å². The van der Waals surface area contributed by atoms with Crippen LogP contribution in [-0.2, 0) is 14.8 Å². The predicted molar refractivity (Wildman–Crippen MR) is 71.4 cm³/mol. The van der Waals surface area contributed by atoms with Gasteiger partial charge in [-0.1, -0.05) is 12.2 Å². The Morgan fingerprint density at radius 3 is 1.65 bits per heavy atom. The topological polar surface area (TPSA) is 97.7 Å². The average molecular weight is 282 g/mol. The van der Waals surface area contributed by atoms with Crippen molar-refractivity contribution < 1.29 is 25.0 Å². The monoisotopic (exact) mass is 282 g/mol. The zero-order chi connectivity index (χ0) is 15.4. The number of hydrogen-bond donors (Lipinski definition) is 2. The lowest BCUT2D eigenvalue weighted by atomic mass is 9.94. The van der Waals surface area contributed by atoms with Gasteiger partial charge in [-0.15, -0.1) is 10.3 Å². The van der Waals surface area contributed by atoms with Crippen LogP contribution in [0.25, 0.3) is 0 Å². The second kappa shape index (κ2) is 6.19. The van der Waals surface area contributed by atoms with Gasteiger partial charge in [0, 0.05) is 12.2 Å². The zero-order valence-electron chi connectivity index (χ0n) is 11.7. The summed E-state index contributed by atoms with van der Waals surface area (Å²) in [5.41, 5.74) is -1.28. The fourth-order valence-corrected chi connectivity index (χ4v) is 2.59. The van der Waals surface area contributed by atoms with Crippen molar-refractivity contribution in [2.45, 2.75) is 50.6 Å². The maximum atomic E-state index is 12.5. The minimum absolute atomic E-state index is 0.362. The third kappa shape index (κ3) is 3.91. The van der Waals surface area contributed by atoms with Crippen molar-refractivity contribution in [2.75, 3.05) is 0 Å². The van der Waals surface area contributed by atoms with Crippen LogP contribution in [0.2, 0.25) is 0 Å². The van der Waals surface area contributed by atoms with Gasteiger partial charge in [-0.3, -0.25) is 0 Å². The summed E-state index contributed by atoms with van der Waals surface area (Å²) < 4.78 is 0. The van der Waals surface area contributed by atoms with E-state index in [4.69, 9.17) is 10.2 Å². The predicted octanol–water partition coefficient (Wildman–Crippen LogP) is 2.01. The van der Waals surface area contributed by atoms with E-state index in [1.165, 1.54) is 12.2 Å². The Kier molecular flexibility index (Phi) is 5.08. The van der Waals surface area contributed by atoms with Crippen LogP contribution in [0.4, 0.5) is 0 Å². The van der Waals surface area contributed by atoms with E-state index in [0.29, 0.717) is 25.7 Å². The van der Waals surface area contributed by atoms with E-state index < -0.39 is 23.0 Å². The van der Waals surface area contributed by atoms with E-state index in [2.05, 4.69) is 0 Å². The quantitative estimate of drug-likeness (QED) is 0.726. The number of carbonyl (C=O) groups is 2. The van der Waals surface area contributed by atoms with Crippen molar-refractivity contribution in [2.24, 2.45) is 0 Å². The summed E-state index contributed by atoms with van der Waals surface area (Å²) in [5.74, 6) is -2.06. The molecule has 0 saturated carbocycles. The highest BCUT2D eigenvalue weighted by molar-refractivity contribution is 5.80. The number of carboxylic acid groups (broad SMARTS) is 2. The molecular weight excluding hydrogens is 262 g/mol. The molecule has 1 heterocycles. The number of hydrogen-bond acceptors (Lipinski definition) is 3. The van der Waals surface area contributed by atoms with E-state index in [1.807, 2.05) is 0 Å². The Bertz CT molecular complexity index is 405. The van der Waals surface area contributed by atoms with Gasteiger partial charge in [-0.25, -0.2) is 9.59 Å². The molecule has 0 bridgehead atoms. The number of nitrogens with zero attached hydrogens (tertiary/aromatic N) is 1. The Balaban J connectivity index is 2.71. The molecule has 0 spiro atoms. The Hall–Kier alpha value is -1.66. The molecule has 0 amide bonds. The highest BCUT2D eigenvalue weighted by atomic mass is 16.5. The summed E-state index contributed by atoms with van der Waals surface area (Å²) in [7, 11) is 0. The van der Waals surface area contributed by atoms with Gasteiger partial charge < -0.3 is 10.2 Å². The first-order valence-corrected chi connectivity index (χ1v) is 6.46. The molecule has 1 aliphatic rings. The number of carboxylic acids is 2. The van der Waals surface area contributed by atoms with Crippen LogP contribution < -0.4 is 0 Å². The summed E-state index contributed by atoms with van der Waals surface area (Å²) >= 11 is 0. The summed E-state index contributed by atoms with van der Waals surface area (Å²) in [6.07, 6.45) is 7.09. The van der Waals surface area contributed by atoms with Crippen molar-refractivity contribution in [3.05, 3.63) is 24.3 Å². The zero-order valence-corrected chi connectivity index (χ0v) is 11.7. The van der Waals surface area contributed by atoms with E-state index in [-0.39, 0.29) is 0 Å². The van der Waals surface area contributed by atoms with Gasteiger partial charge >= 0.3 is 11.9 Å². The van der Waals surface area contributed by atoms with Gasteiger partial charge in [0.15, 0.2) is 0 Å². The lowest BCUT2D eigenvalue weighted by Crippen LogP contribution is -2.47. The van der Waals surface area contributed by atoms with Crippen molar-refractivity contribution in [3.8, 4) is 0 Å². The largest absolute Gasteiger partial charge is 0.478 e. The highest BCUT2D eigenvalue weighted by Gasteiger charge is 2.49. The van der Waals surface area contributed by atoms with Crippen LogP contribution in [0.15, 0.2) is 24.3 Å². The molecule has 0 aromatic rings. The molecule has 111 valence electrons. The first-order chi connectivity index (χ1) is 9.19. The molecule has 1 radical (unpaired) electrons. The van der Waals surface area contributed by atoms with Gasteiger partial charge in [0.05, 0.1) is 11.1 Å². The minimum atomic E-state index is -1.03. The average Bonchev–Trinajstić information content (AvgIpc) is 2.54. The molecule has 1 saturated heterocycles. The third-order valence-electron chi connectivity index (χ3n) is 3.82. The molecule has 1 aliphatic heterocycles. The van der Waals surface area contributed by atoms with Crippen LogP contribution in [0.3, 0.4) is 0 Å². The smallest absolute Gasteiger partial charge is 0.327 e. The second-order valence-electron chi connectivity index (χ2n) is 5.68. The standard InChI is InChI=1S/C14H20NO5/c1-13(7-3-5-11(16)17)9-10-14(2,15(13)20)8-4-6-12(18)19/h3-6H,7-10H2,1-2H3,(H,16,17)(H,18,19). The molecular formula is C14H20NO5. The molecule has 0 aromatic heterocycles. The lowest BCUT2D eigenvalue weighted by molar-refractivity contribution is -0.251. The van der Waals surface area contributed by atoms with Gasteiger partial charge in [0.2, 0.25) is 0 Å². The van der Waals surface area contributed by atoms with Crippen LogP contribution in [0.5, 0.6) is 0 Å². The minimum Gasteiger partial charge on any atom is -0.478 e. The van der Waals surface area contributed by atoms with Crippen LogP contribution >= 0.6 is 0 Å². The molecule has 0 aromatic carbocycles. The third-order valence-corrected chi connectivity index (χ3v) is 3.82. The first kappa shape index (κ1) is 16.4. The number of rotatable bonds is 6. The van der Waals surface area contributed by atoms with Crippen molar-refractivity contribution in [1.29, 1.82) is 0 Å². The molecule has 6 heteroatoms. The van der Waals surface area contributed by atoms with Crippen LogP contribution in [-0.4, -0.2) is 38.3 Å². The second-order valence-corrected chi connectivity index (χ2v) is 5.68. The summed E-state index contributed by atoms with van der Waals surface area (Å²) in [6, 6.07) is 0. The molecule has 2 unspecified atom stereocenters. The SMILES string of the molecule is CC1(CC=CC(=O)O)CCC(C)(CC=CC(=O)O)N1[O]. The van der Waals surface area contributed by atoms with E-state index in [9.17, 15) is 14.8 Å². The van der Waals surface area contributed by atoms with E-state index >= 15 is 0 Å². The Morgan fingerprint density at radius 2 is 1.35 bits per heavy atom. The summed E-state index contributed by atoms with van der Waals surface area (Å²) in [4.78, 5) is 20.9. The lowest BCUT2D eigenvalue weighted by Gasteiger charge is -2.35. The fraction of sp³-hybridized carbons (Fsp3) is 0.571. The molecule has 1 fully saturated rings. The van der Waals surface area contributed by atoms with Crippen LogP contribution in [0.1, 0.15) is 39.5 Å². The molecule has 2 atom stereocenters. The van der Waals surface area contributed by atoms with Gasteiger partial charge in [0.25, 0.3) is 0 Å². The maximum absolute atomic E-state index is 12.5. The van der Waals surface area contributed by atoms with Crippen molar-refractivity contribution in [3.63, 3.8) is 0 Å². The van der Waals surface area contributed by atoms with Crippen molar-refractivity contribution in [1.82, 2.24) is 5.06 Å². The van der Waals surface area contributed by atoms with Crippen LogP contribution in [0, 0.1) is 0 Å². The van der Waals surface area contributed by atoms with E-state index in [1.54, 1.807) is 13.8 Å². The van der Waals surface area contributed by atoms with E-state index in [0.717, 1.165) is 17.2 Å². The highest BCUT2D eigenvalue weighted by Crippen LogP contribution is 2.43. The summed E-state index contributed by atoms with van der Waals surface area (Å²) in [6.45, 7) is 3.61. The summed E-state index contributed by atoms with van der Waals surface area (Å²) in [5, 5.41) is 30.6. The molecule has 20 heavy (non-hydrogen) atoms.